The van der Waals surface area contributed by atoms with E-state index in [2.05, 4.69) is 5.32 Å². The lowest BCUT2D eigenvalue weighted by Gasteiger charge is -2.25. The number of hydrogen-bond donors (Lipinski definition) is 2. The number of anilines is 1. The van der Waals surface area contributed by atoms with Crippen LogP contribution in [0.15, 0.2) is 78.9 Å². The maximum Gasteiger partial charge on any atom is 0.146 e. The van der Waals surface area contributed by atoms with E-state index in [1.165, 1.54) is 11.3 Å². The zero-order chi connectivity index (χ0) is 22.9. The van der Waals surface area contributed by atoms with Gasteiger partial charge in [0.2, 0.25) is 0 Å². The average Bonchev–Trinajstić information content (AvgIpc) is 3.20. The quantitative estimate of drug-likeness (QED) is 0.302. The molecule has 164 valence electrons. The second kappa shape index (κ2) is 8.77. The summed E-state index contributed by atoms with van der Waals surface area (Å²) >= 11 is 7.99. The van der Waals surface area contributed by atoms with Gasteiger partial charge in [-0.3, -0.25) is 0 Å². The first-order valence-electron chi connectivity index (χ1n) is 10.4. The van der Waals surface area contributed by atoms with Crippen LogP contribution in [0.5, 0.6) is 5.75 Å². The topological polar surface area (TPSA) is 58.6 Å². The van der Waals surface area contributed by atoms with E-state index in [1.54, 1.807) is 7.11 Å². The highest BCUT2D eigenvalue weighted by molar-refractivity contribution is 7.21. The lowest BCUT2D eigenvalue weighted by atomic mass is 9.90. The van der Waals surface area contributed by atoms with Crippen LogP contribution in [-0.4, -0.2) is 24.5 Å². The Labute approximate surface area is 200 Å². The summed E-state index contributed by atoms with van der Waals surface area (Å²) in [6.45, 7) is 0. The van der Waals surface area contributed by atoms with Gasteiger partial charge in [0.05, 0.1) is 12.7 Å². The molecule has 2 N–H and O–H groups in total. The molecule has 1 unspecified atom stereocenters. The highest BCUT2D eigenvalue weighted by Gasteiger charge is 2.33. The van der Waals surface area contributed by atoms with E-state index in [9.17, 15) is 9.90 Å². The summed E-state index contributed by atoms with van der Waals surface area (Å²) in [6.07, 6.45) is 0.798. The number of aliphatic hydroxyl groups is 1. The summed E-state index contributed by atoms with van der Waals surface area (Å²) < 4.78 is 6.22. The van der Waals surface area contributed by atoms with Gasteiger partial charge in [0.25, 0.3) is 0 Å². The van der Waals surface area contributed by atoms with Crippen molar-refractivity contribution in [3.05, 3.63) is 94.3 Å². The molecular formula is C27H20ClNO3S. The lowest BCUT2D eigenvalue weighted by molar-refractivity contribution is -0.107. The Morgan fingerprint density at radius 1 is 0.939 bits per heavy atom. The monoisotopic (exact) mass is 473 g/mol. The Morgan fingerprint density at radius 2 is 1.61 bits per heavy atom. The molecule has 6 heteroatoms. The van der Waals surface area contributed by atoms with E-state index in [4.69, 9.17) is 16.3 Å². The number of halogens is 1. The van der Waals surface area contributed by atoms with E-state index in [0.29, 0.717) is 31.8 Å². The number of methoxy groups -OCH3 is 1. The molecule has 4 nitrogen and oxygen atoms in total. The van der Waals surface area contributed by atoms with Crippen LogP contribution in [0.25, 0.3) is 33.6 Å². The molecule has 0 spiro atoms. The molecule has 1 aromatic heterocycles. The highest BCUT2D eigenvalue weighted by atomic mass is 35.5. The second-order valence-electron chi connectivity index (χ2n) is 7.62. The van der Waals surface area contributed by atoms with Crippen LogP contribution in [0.1, 0.15) is 11.1 Å². The van der Waals surface area contributed by atoms with Crippen LogP contribution < -0.4 is 10.1 Å². The molecule has 0 amide bonds. The standard InChI is InChI=1S/C27H20ClNO3S/c1-32-21-14-18(12-13-19(21)16-8-4-2-5-9-16)23-24-25(31)22(17-10-6-3-7-11-17)20(15-30)29-27(24)33-26(23)28/h2-15,20,29,31H,1H3. The van der Waals surface area contributed by atoms with Crippen LogP contribution in [0.2, 0.25) is 4.34 Å². The molecule has 3 aromatic carbocycles. The third kappa shape index (κ3) is 3.69. The van der Waals surface area contributed by atoms with Gasteiger partial charge in [0.1, 0.15) is 33.2 Å². The number of thiophene rings is 1. The Kier molecular flexibility index (Phi) is 5.67. The minimum absolute atomic E-state index is 0.0521. The molecule has 0 bridgehead atoms. The number of nitrogens with one attached hydrogen (secondary N) is 1. The van der Waals surface area contributed by atoms with Crippen LogP contribution in [0, 0.1) is 0 Å². The molecule has 0 radical (unpaired) electrons. The molecule has 0 fully saturated rings. The second-order valence-corrected chi connectivity index (χ2v) is 9.25. The number of hydrogen-bond acceptors (Lipinski definition) is 5. The zero-order valence-electron chi connectivity index (χ0n) is 17.7. The van der Waals surface area contributed by atoms with Gasteiger partial charge < -0.3 is 20.0 Å². The Bertz CT molecular complexity index is 1360. The van der Waals surface area contributed by atoms with Crippen molar-refractivity contribution in [1.29, 1.82) is 0 Å². The Morgan fingerprint density at radius 3 is 2.24 bits per heavy atom. The molecule has 2 heterocycles. The molecular weight excluding hydrogens is 454 g/mol. The van der Waals surface area contributed by atoms with E-state index in [0.717, 1.165) is 28.5 Å². The summed E-state index contributed by atoms with van der Waals surface area (Å²) in [5, 5.41) is 15.3. The molecule has 33 heavy (non-hydrogen) atoms. The maximum absolute atomic E-state index is 11.9. The predicted molar refractivity (Wildman–Crippen MR) is 136 cm³/mol. The first-order chi connectivity index (χ1) is 16.1. The minimum atomic E-state index is -0.669. The predicted octanol–water partition coefficient (Wildman–Crippen LogP) is 7.16. The first-order valence-corrected chi connectivity index (χ1v) is 11.6. The normalized spacial score (nSPS) is 15.0. The number of aliphatic hydroxyl groups excluding tert-OH is 1. The van der Waals surface area contributed by atoms with Crippen LogP contribution in [0.3, 0.4) is 0 Å². The van der Waals surface area contributed by atoms with Crippen molar-refractivity contribution in [3.8, 4) is 28.0 Å². The molecule has 0 saturated heterocycles. The van der Waals surface area contributed by atoms with Gasteiger partial charge in [-0.15, -0.1) is 11.3 Å². The zero-order valence-corrected chi connectivity index (χ0v) is 19.3. The maximum atomic E-state index is 11.9. The lowest BCUT2D eigenvalue weighted by Crippen LogP contribution is -2.27. The summed E-state index contributed by atoms with van der Waals surface area (Å²) in [5.41, 5.74) is 5.43. The van der Waals surface area contributed by atoms with Gasteiger partial charge in [0.15, 0.2) is 0 Å². The number of ether oxygens (including phenoxy) is 1. The number of carbonyl (C=O) groups excluding carboxylic acids is 1. The van der Waals surface area contributed by atoms with Crippen molar-refractivity contribution in [2.75, 3.05) is 12.4 Å². The molecule has 1 aliphatic heterocycles. The third-order valence-electron chi connectivity index (χ3n) is 5.75. The molecule has 5 rings (SSSR count). The first kappa shape index (κ1) is 21.3. The van der Waals surface area contributed by atoms with Crippen LogP contribution in [0.4, 0.5) is 5.00 Å². The van der Waals surface area contributed by atoms with Gasteiger partial charge in [-0.25, -0.2) is 0 Å². The molecule has 4 aromatic rings. The van der Waals surface area contributed by atoms with Gasteiger partial charge in [-0.1, -0.05) is 84.4 Å². The molecule has 1 aliphatic rings. The summed E-state index contributed by atoms with van der Waals surface area (Å²) in [4.78, 5) is 11.9. The fraction of sp³-hybridized carbons (Fsp3) is 0.0741. The number of aldehydes is 1. The van der Waals surface area contributed by atoms with E-state index in [-0.39, 0.29) is 5.76 Å². The number of rotatable bonds is 5. The fourth-order valence-electron chi connectivity index (χ4n) is 4.22. The SMILES string of the molecule is COc1cc(-c2c(Cl)sc3c2C(O)=C(c2ccccc2)C(C=O)N3)ccc1-c1ccccc1. The average molecular weight is 474 g/mol. The van der Waals surface area contributed by atoms with Crippen molar-refractivity contribution >= 4 is 45.6 Å². The van der Waals surface area contributed by atoms with E-state index in [1.807, 2.05) is 78.9 Å². The molecule has 0 aliphatic carbocycles. The van der Waals surface area contributed by atoms with E-state index >= 15 is 0 Å². The van der Waals surface area contributed by atoms with Crippen molar-refractivity contribution in [2.45, 2.75) is 6.04 Å². The highest BCUT2D eigenvalue weighted by Crippen LogP contribution is 2.51. The Hall–Kier alpha value is -3.54. The molecule has 1 atom stereocenters. The van der Waals surface area contributed by atoms with Crippen molar-refractivity contribution in [3.63, 3.8) is 0 Å². The summed E-state index contributed by atoms with van der Waals surface area (Å²) in [6, 6.07) is 24.6. The molecule has 0 saturated carbocycles. The van der Waals surface area contributed by atoms with Gasteiger partial charge >= 0.3 is 0 Å². The van der Waals surface area contributed by atoms with Crippen LogP contribution in [-0.2, 0) is 4.79 Å². The number of benzene rings is 3. The smallest absolute Gasteiger partial charge is 0.146 e. The van der Waals surface area contributed by atoms with Crippen molar-refractivity contribution in [1.82, 2.24) is 0 Å². The minimum Gasteiger partial charge on any atom is -0.507 e. The summed E-state index contributed by atoms with van der Waals surface area (Å²) in [7, 11) is 1.64. The van der Waals surface area contributed by atoms with E-state index < -0.39 is 6.04 Å². The van der Waals surface area contributed by atoms with Crippen molar-refractivity contribution in [2.24, 2.45) is 0 Å². The Balaban J connectivity index is 1.69. The third-order valence-corrected chi connectivity index (χ3v) is 7.08. The largest absolute Gasteiger partial charge is 0.507 e. The van der Waals surface area contributed by atoms with Gasteiger partial charge in [-0.2, -0.15) is 0 Å². The van der Waals surface area contributed by atoms with Crippen molar-refractivity contribution < 1.29 is 14.6 Å². The summed E-state index contributed by atoms with van der Waals surface area (Å²) in [5.74, 6) is 0.757. The fourth-order valence-corrected chi connectivity index (χ4v) is 5.65. The number of carbonyl (C=O) groups is 1. The number of fused-ring (bicyclic) bond motifs is 1. The van der Waals surface area contributed by atoms with Gasteiger partial charge in [-0.05, 0) is 22.8 Å². The van der Waals surface area contributed by atoms with Crippen LogP contribution >= 0.6 is 22.9 Å². The van der Waals surface area contributed by atoms with Gasteiger partial charge in [0, 0.05) is 16.7 Å².